The van der Waals surface area contributed by atoms with Crippen molar-refractivity contribution in [3.05, 3.63) is 18.5 Å². The van der Waals surface area contributed by atoms with Gasteiger partial charge in [0.15, 0.2) is 0 Å². The minimum Gasteiger partial charge on any atom is -0.399 e. The van der Waals surface area contributed by atoms with Gasteiger partial charge >= 0.3 is 7.12 Å². The molecule has 1 saturated heterocycles. The molecule has 1 aliphatic heterocycles. The molecule has 16 heavy (non-hydrogen) atoms. The van der Waals surface area contributed by atoms with Crippen LogP contribution in [0.2, 0.25) is 0 Å². The maximum absolute atomic E-state index is 5.90. The van der Waals surface area contributed by atoms with Gasteiger partial charge in [0.2, 0.25) is 0 Å². The molecule has 0 saturated carbocycles. The van der Waals surface area contributed by atoms with Crippen LogP contribution in [0.1, 0.15) is 27.7 Å². The Morgan fingerprint density at radius 2 is 1.75 bits per heavy atom. The molecule has 0 aliphatic carbocycles. The number of rotatable bonds is 1. The van der Waals surface area contributed by atoms with Crippen molar-refractivity contribution in [1.29, 1.82) is 0 Å². The monoisotopic (exact) mass is 220 g/mol. The molecule has 1 aliphatic rings. The fourth-order valence-corrected chi connectivity index (χ4v) is 1.60. The van der Waals surface area contributed by atoms with Crippen LogP contribution in [0, 0.1) is 0 Å². The van der Waals surface area contributed by atoms with E-state index < -0.39 is 7.12 Å². The molecule has 2 N–H and O–H groups in total. The Morgan fingerprint density at radius 1 is 1.19 bits per heavy atom. The molecule has 4 nitrogen and oxygen atoms in total. The quantitative estimate of drug-likeness (QED) is 0.716. The number of nitrogens with two attached hydrogens (primary N) is 1. The first kappa shape index (κ1) is 11.4. The van der Waals surface area contributed by atoms with Gasteiger partial charge in [-0.1, -0.05) is 0 Å². The molecule has 1 aromatic rings. The van der Waals surface area contributed by atoms with E-state index in [2.05, 4.69) is 4.98 Å². The van der Waals surface area contributed by atoms with Crippen LogP contribution < -0.4 is 11.2 Å². The fourth-order valence-electron chi connectivity index (χ4n) is 1.60. The molecule has 0 amide bonds. The lowest BCUT2D eigenvalue weighted by atomic mass is 9.78. The van der Waals surface area contributed by atoms with E-state index in [1.165, 1.54) is 0 Å². The van der Waals surface area contributed by atoms with Gasteiger partial charge in [0.1, 0.15) is 0 Å². The van der Waals surface area contributed by atoms with Crippen LogP contribution in [0.25, 0.3) is 0 Å². The second kappa shape index (κ2) is 3.47. The average molecular weight is 220 g/mol. The highest BCUT2D eigenvalue weighted by Gasteiger charge is 2.52. The number of hydrogen-bond donors (Lipinski definition) is 1. The standard InChI is InChI=1S/C11H17BN2O2/c1-10(2)11(3,4)16-12(15-10)8-5-6-14-7-9(8)13/h5-7H,13H2,1-4H3. The fraction of sp³-hybridized carbons (Fsp3) is 0.545. The smallest absolute Gasteiger partial charge is 0.399 e. The van der Waals surface area contributed by atoms with Gasteiger partial charge in [0.25, 0.3) is 0 Å². The van der Waals surface area contributed by atoms with E-state index in [9.17, 15) is 0 Å². The third kappa shape index (κ3) is 1.70. The van der Waals surface area contributed by atoms with Crippen molar-refractivity contribution in [3.63, 3.8) is 0 Å². The van der Waals surface area contributed by atoms with E-state index in [0.717, 1.165) is 5.46 Å². The maximum Gasteiger partial charge on any atom is 0.497 e. The zero-order valence-corrected chi connectivity index (χ0v) is 10.2. The van der Waals surface area contributed by atoms with E-state index in [4.69, 9.17) is 15.0 Å². The van der Waals surface area contributed by atoms with Crippen molar-refractivity contribution < 1.29 is 9.31 Å². The summed E-state index contributed by atoms with van der Waals surface area (Å²) >= 11 is 0. The highest BCUT2D eigenvalue weighted by atomic mass is 16.7. The van der Waals surface area contributed by atoms with Gasteiger partial charge < -0.3 is 15.0 Å². The van der Waals surface area contributed by atoms with Crippen LogP contribution in [-0.4, -0.2) is 23.3 Å². The largest absolute Gasteiger partial charge is 0.497 e. The van der Waals surface area contributed by atoms with Crippen molar-refractivity contribution in [1.82, 2.24) is 4.98 Å². The molecule has 2 rings (SSSR count). The molecule has 0 radical (unpaired) electrons. The molecule has 5 heteroatoms. The number of aromatic nitrogens is 1. The minimum atomic E-state index is -0.409. The third-order valence-corrected chi connectivity index (χ3v) is 3.39. The number of pyridine rings is 1. The van der Waals surface area contributed by atoms with Gasteiger partial charge in [0.05, 0.1) is 11.2 Å². The van der Waals surface area contributed by atoms with Crippen LogP contribution >= 0.6 is 0 Å². The number of nitrogen functional groups attached to an aromatic ring is 1. The van der Waals surface area contributed by atoms with Gasteiger partial charge in [-0.15, -0.1) is 0 Å². The summed E-state index contributed by atoms with van der Waals surface area (Å²) in [5.41, 5.74) is 6.61. The molecule has 0 unspecified atom stereocenters. The lowest BCUT2D eigenvalue weighted by Gasteiger charge is -2.32. The molecule has 0 spiro atoms. The van der Waals surface area contributed by atoms with Crippen molar-refractivity contribution >= 4 is 18.3 Å². The molecular weight excluding hydrogens is 203 g/mol. The lowest BCUT2D eigenvalue weighted by Crippen LogP contribution is -2.41. The van der Waals surface area contributed by atoms with Crippen LogP contribution in [0.3, 0.4) is 0 Å². The Labute approximate surface area is 96.3 Å². The predicted octanol–water partition coefficient (Wildman–Crippen LogP) is 0.963. The molecule has 1 aromatic heterocycles. The zero-order valence-electron chi connectivity index (χ0n) is 10.2. The van der Waals surface area contributed by atoms with Crippen molar-refractivity contribution in [2.24, 2.45) is 0 Å². The second-order valence-corrected chi connectivity index (χ2v) is 5.09. The predicted molar refractivity (Wildman–Crippen MR) is 64.4 cm³/mol. The second-order valence-electron chi connectivity index (χ2n) is 5.09. The number of nitrogens with zero attached hydrogens (tertiary/aromatic N) is 1. The lowest BCUT2D eigenvalue weighted by molar-refractivity contribution is 0.00578. The Bertz CT molecular complexity index is 391. The van der Waals surface area contributed by atoms with Crippen LogP contribution in [0.4, 0.5) is 5.69 Å². The van der Waals surface area contributed by atoms with Crippen LogP contribution in [-0.2, 0) is 9.31 Å². The van der Waals surface area contributed by atoms with E-state index in [1.54, 1.807) is 12.4 Å². The molecule has 2 heterocycles. The summed E-state index contributed by atoms with van der Waals surface area (Å²) in [5.74, 6) is 0. The summed E-state index contributed by atoms with van der Waals surface area (Å²) in [6, 6.07) is 1.83. The number of hydrogen-bond acceptors (Lipinski definition) is 4. The van der Waals surface area contributed by atoms with Crippen LogP contribution in [0.15, 0.2) is 18.5 Å². The van der Waals surface area contributed by atoms with Crippen LogP contribution in [0.5, 0.6) is 0 Å². The summed E-state index contributed by atoms with van der Waals surface area (Å²) in [7, 11) is -0.409. The molecule has 86 valence electrons. The first-order valence-corrected chi connectivity index (χ1v) is 5.38. The summed E-state index contributed by atoms with van der Waals surface area (Å²) < 4.78 is 11.8. The average Bonchev–Trinajstić information content (AvgIpc) is 2.36. The van der Waals surface area contributed by atoms with E-state index in [-0.39, 0.29) is 11.2 Å². The Morgan fingerprint density at radius 3 is 2.25 bits per heavy atom. The molecule has 0 atom stereocenters. The van der Waals surface area contributed by atoms with E-state index >= 15 is 0 Å². The first-order valence-electron chi connectivity index (χ1n) is 5.38. The van der Waals surface area contributed by atoms with Crippen molar-refractivity contribution in [2.75, 3.05) is 5.73 Å². The molecule has 1 fully saturated rings. The van der Waals surface area contributed by atoms with Crippen molar-refractivity contribution in [2.45, 2.75) is 38.9 Å². The highest BCUT2D eigenvalue weighted by Crippen LogP contribution is 2.36. The minimum absolute atomic E-state index is 0.340. The van der Waals surface area contributed by atoms with E-state index in [1.807, 2.05) is 33.8 Å². The van der Waals surface area contributed by atoms with Gasteiger partial charge in [-0.2, -0.15) is 0 Å². The Kier molecular flexibility index (Phi) is 2.47. The van der Waals surface area contributed by atoms with Gasteiger partial charge in [-0.3, -0.25) is 4.98 Å². The van der Waals surface area contributed by atoms with Crippen molar-refractivity contribution in [3.8, 4) is 0 Å². The zero-order chi connectivity index (χ0) is 12.0. The Balaban J connectivity index is 2.31. The first-order chi connectivity index (χ1) is 7.33. The maximum atomic E-state index is 5.90. The molecular formula is C11H17BN2O2. The SMILES string of the molecule is CC1(C)OB(c2ccncc2N)OC1(C)C. The Hall–Kier alpha value is -1.07. The van der Waals surface area contributed by atoms with E-state index in [0.29, 0.717) is 5.69 Å². The van der Waals surface area contributed by atoms with Gasteiger partial charge in [-0.05, 0) is 33.8 Å². The summed E-state index contributed by atoms with van der Waals surface area (Å²) in [5, 5.41) is 0. The van der Waals surface area contributed by atoms with Gasteiger partial charge in [-0.25, -0.2) is 0 Å². The third-order valence-electron chi connectivity index (χ3n) is 3.39. The topological polar surface area (TPSA) is 57.4 Å². The number of anilines is 1. The molecule has 0 bridgehead atoms. The highest BCUT2D eigenvalue weighted by molar-refractivity contribution is 6.63. The summed E-state index contributed by atoms with van der Waals surface area (Å²) in [6.45, 7) is 8.07. The molecule has 0 aromatic carbocycles. The normalized spacial score (nSPS) is 22.4. The van der Waals surface area contributed by atoms with Gasteiger partial charge in [0, 0.05) is 23.5 Å². The summed E-state index contributed by atoms with van der Waals surface area (Å²) in [4.78, 5) is 3.95. The summed E-state index contributed by atoms with van der Waals surface area (Å²) in [6.07, 6.45) is 3.30.